The van der Waals surface area contributed by atoms with Crippen LogP contribution in [0, 0.1) is 0 Å². The topological polar surface area (TPSA) is 20.1 Å². The fourth-order valence-electron chi connectivity index (χ4n) is 0.611. The Hall–Kier alpha value is -0.790. The molecule has 0 N–H and O–H groups in total. The number of carbonyl (C=O) groups excluding carboxylic acids is 1. The summed E-state index contributed by atoms with van der Waals surface area (Å²) in [5.74, 6) is 0. The van der Waals surface area contributed by atoms with Crippen molar-refractivity contribution in [1.29, 1.82) is 0 Å². The van der Waals surface area contributed by atoms with Gasteiger partial charge in [-0.2, -0.15) is 0 Å². The molecule has 1 aliphatic rings. The van der Waals surface area contributed by atoms with Crippen molar-refractivity contribution in [1.82, 2.24) is 4.90 Å². The van der Waals surface area contributed by atoms with Crippen LogP contribution in [0.2, 0.25) is 0 Å². The minimum Gasteiger partial charge on any atom is -0.371 e. The fourth-order valence-corrected chi connectivity index (χ4v) is 0.611. The first-order valence-electron chi connectivity index (χ1n) is 2.72. The summed E-state index contributed by atoms with van der Waals surface area (Å²) in [4.78, 5) is 11.8. The zero-order valence-corrected chi connectivity index (χ0v) is 4.87. The van der Waals surface area contributed by atoms with E-state index in [1.807, 2.05) is 6.20 Å². The first-order chi connectivity index (χ1) is 3.84. The van der Waals surface area contributed by atoms with Crippen molar-refractivity contribution in [3.05, 3.63) is 12.3 Å². The smallest absolute Gasteiger partial charge is 0.144 e. The molecule has 1 aliphatic heterocycles. The van der Waals surface area contributed by atoms with Crippen LogP contribution in [0.3, 0.4) is 0 Å². The van der Waals surface area contributed by atoms with Crippen molar-refractivity contribution >= 4 is 6.29 Å². The minimum absolute atomic E-state index is 0.659. The third-order valence-electron chi connectivity index (χ3n) is 1.26. The van der Waals surface area contributed by atoms with E-state index in [4.69, 9.17) is 0 Å². The first-order valence-corrected chi connectivity index (χ1v) is 2.72. The summed E-state index contributed by atoms with van der Waals surface area (Å²) in [5.41, 5.74) is 0. The summed E-state index contributed by atoms with van der Waals surface area (Å²) < 4.78 is 0. The standard InChI is InChI=1S/C6H9NO/c1-6-5-7(6)3-2-4-8/h2-4,6H,5H2,1H3/b3-2-. The predicted octanol–water partition coefficient (Wildman–Crippen LogP) is 0.403. The molecule has 0 aromatic rings. The molecule has 0 radical (unpaired) electrons. The van der Waals surface area contributed by atoms with Crippen LogP contribution >= 0.6 is 0 Å². The van der Waals surface area contributed by atoms with Crippen molar-refractivity contribution in [2.45, 2.75) is 13.0 Å². The molecule has 0 spiro atoms. The maximum absolute atomic E-state index is 9.73. The molecule has 0 amide bonds. The Balaban J connectivity index is 2.21. The van der Waals surface area contributed by atoms with Crippen LogP contribution in [0.5, 0.6) is 0 Å². The largest absolute Gasteiger partial charge is 0.371 e. The van der Waals surface area contributed by atoms with Crippen LogP contribution in [0.25, 0.3) is 0 Å². The average molecular weight is 111 g/mol. The van der Waals surface area contributed by atoms with E-state index in [1.54, 1.807) is 0 Å². The molecule has 2 nitrogen and oxygen atoms in total. The summed E-state index contributed by atoms with van der Waals surface area (Å²) in [6.45, 7) is 3.22. The Morgan fingerprint density at radius 1 is 1.75 bits per heavy atom. The molecule has 0 aromatic heterocycles. The second-order valence-corrected chi connectivity index (χ2v) is 2.02. The van der Waals surface area contributed by atoms with E-state index < -0.39 is 0 Å². The molecule has 1 heterocycles. The van der Waals surface area contributed by atoms with Crippen LogP contribution in [-0.2, 0) is 4.79 Å². The highest BCUT2D eigenvalue weighted by molar-refractivity contribution is 5.64. The molecule has 0 saturated carbocycles. The molecule has 1 saturated heterocycles. The van der Waals surface area contributed by atoms with Crippen molar-refractivity contribution in [3.63, 3.8) is 0 Å². The molecule has 1 fully saturated rings. The molecule has 1 unspecified atom stereocenters. The second-order valence-electron chi connectivity index (χ2n) is 2.02. The highest BCUT2D eigenvalue weighted by atomic mass is 16.1. The second kappa shape index (κ2) is 1.99. The van der Waals surface area contributed by atoms with Gasteiger partial charge in [0, 0.05) is 18.8 Å². The molecule has 44 valence electrons. The van der Waals surface area contributed by atoms with E-state index in [0.29, 0.717) is 6.04 Å². The first kappa shape index (κ1) is 5.35. The number of allylic oxidation sites excluding steroid dienone is 1. The van der Waals surface area contributed by atoms with Gasteiger partial charge in [-0.1, -0.05) is 0 Å². The Morgan fingerprint density at radius 3 is 2.75 bits per heavy atom. The van der Waals surface area contributed by atoms with Crippen molar-refractivity contribution in [2.75, 3.05) is 6.54 Å². The van der Waals surface area contributed by atoms with Gasteiger partial charge in [-0.15, -0.1) is 0 Å². The van der Waals surface area contributed by atoms with E-state index >= 15 is 0 Å². The van der Waals surface area contributed by atoms with Gasteiger partial charge in [0.1, 0.15) is 6.29 Å². The number of carbonyl (C=O) groups is 1. The molecule has 1 atom stereocenters. The van der Waals surface area contributed by atoms with E-state index in [2.05, 4.69) is 11.8 Å². The van der Waals surface area contributed by atoms with Gasteiger partial charge in [0.2, 0.25) is 0 Å². The number of rotatable bonds is 2. The zero-order chi connectivity index (χ0) is 5.98. The van der Waals surface area contributed by atoms with Crippen LogP contribution < -0.4 is 0 Å². The Kier molecular flexibility index (Phi) is 1.33. The third-order valence-corrected chi connectivity index (χ3v) is 1.26. The summed E-state index contributed by atoms with van der Waals surface area (Å²) in [6, 6.07) is 0.659. The quantitative estimate of drug-likeness (QED) is 0.292. The van der Waals surface area contributed by atoms with Crippen molar-refractivity contribution in [2.24, 2.45) is 0 Å². The summed E-state index contributed by atoms with van der Waals surface area (Å²) in [5, 5.41) is 0. The Labute approximate surface area is 48.8 Å². The van der Waals surface area contributed by atoms with Gasteiger partial charge in [0.05, 0.1) is 0 Å². The van der Waals surface area contributed by atoms with Gasteiger partial charge in [-0.25, -0.2) is 0 Å². The Bertz CT molecular complexity index is 120. The lowest BCUT2D eigenvalue weighted by molar-refractivity contribution is -0.104. The molecular formula is C6H9NO. The van der Waals surface area contributed by atoms with Crippen LogP contribution in [-0.4, -0.2) is 23.8 Å². The minimum atomic E-state index is 0.659. The lowest BCUT2D eigenvalue weighted by Crippen LogP contribution is -1.85. The zero-order valence-electron chi connectivity index (χ0n) is 4.87. The maximum atomic E-state index is 9.73. The van der Waals surface area contributed by atoms with Gasteiger partial charge in [0.15, 0.2) is 0 Å². The van der Waals surface area contributed by atoms with E-state index in [9.17, 15) is 4.79 Å². The average Bonchev–Trinajstić information content (AvgIpc) is 2.42. The molecule has 0 aromatic carbocycles. The van der Waals surface area contributed by atoms with Crippen LogP contribution in [0.15, 0.2) is 12.3 Å². The number of aldehydes is 1. The lowest BCUT2D eigenvalue weighted by atomic mass is 10.6. The molecule has 0 bridgehead atoms. The summed E-state index contributed by atoms with van der Waals surface area (Å²) >= 11 is 0. The molecule has 8 heavy (non-hydrogen) atoms. The van der Waals surface area contributed by atoms with E-state index in [-0.39, 0.29) is 0 Å². The molecular weight excluding hydrogens is 102 g/mol. The van der Waals surface area contributed by atoms with Gasteiger partial charge < -0.3 is 4.90 Å². The van der Waals surface area contributed by atoms with Crippen LogP contribution in [0.1, 0.15) is 6.92 Å². The highest BCUT2D eigenvalue weighted by Gasteiger charge is 2.24. The highest BCUT2D eigenvalue weighted by Crippen LogP contribution is 2.14. The van der Waals surface area contributed by atoms with E-state index in [0.717, 1.165) is 12.8 Å². The Morgan fingerprint density at radius 2 is 2.38 bits per heavy atom. The van der Waals surface area contributed by atoms with Gasteiger partial charge in [-0.3, -0.25) is 4.79 Å². The number of hydrogen-bond acceptors (Lipinski definition) is 2. The number of nitrogens with zero attached hydrogens (tertiary/aromatic N) is 1. The SMILES string of the molecule is CC1CN1/C=C\C=O. The predicted molar refractivity (Wildman–Crippen MR) is 31.4 cm³/mol. The number of hydrogen-bond donors (Lipinski definition) is 0. The van der Waals surface area contributed by atoms with Gasteiger partial charge in [0.25, 0.3) is 0 Å². The van der Waals surface area contributed by atoms with Gasteiger partial charge >= 0.3 is 0 Å². The fraction of sp³-hybridized carbons (Fsp3) is 0.500. The summed E-state index contributed by atoms with van der Waals surface area (Å²) in [6.07, 6.45) is 4.13. The summed E-state index contributed by atoms with van der Waals surface area (Å²) in [7, 11) is 0. The van der Waals surface area contributed by atoms with Gasteiger partial charge in [-0.05, 0) is 13.0 Å². The lowest BCUT2D eigenvalue weighted by Gasteiger charge is -1.86. The van der Waals surface area contributed by atoms with Crippen LogP contribution in [0.4, 0.5) is 0 Å². The molecule has 2 heteroatoms. The molecule has 1 rings (SSSR count). The normalized spacial score (nSPS) is 26.6. The van der Waals surface area contributed by atoms with Crippen molar-refractivity contribution in [3.8, 4) is 0 Å². The third kappa shape index (κ3) is 1.09. The van der Waals surface area contributed by atoms with E-state index in [1.165, 1.54) is 6.08 Å². The van der Waals surface area contributed by atoms with Crippen molar-refractivity contribution < 1.29 is 4.79 Å². The maximum Gasteiger partial charge on any atom is 0.144 e. The monoisotopic (exact) mass is 111 g/mol. The molecule has 0 aliphatic carbocycles.